The largest absolute Gasteiger partial charge is 0.491 e. The maximum atomic E-state index is 13.3. The van der Waals surface area contributed by atoms with Gasteiger partial charge >= 0.3 is 12.1 Å². The highest BCUT2D eigenvalue weighted by Gasteiger charge is 2.43. The quantitative estimate of drug-likeness (QED) is 0.344. The Balaban J connectivity index is 1.21. The first-order valence-corrected chi connectivity index (χ1v) is 14.2. The second-order valence-corrected chi connectivity index (χ2v) is 11.4. The van der Waals surface area contributed by atoms with Crippen LogP contribution in [-0.2, 0) is 11.2 Å². The van der Waals surface area contributed by atoms with Crippen LogP contribution in [0.2, 0.25) is 5.02 Å². The van der Waals surface area contributed by atoms with Gasteiger partial charge in [-0.3, -0.25) is 4.79 Å². The molecule has 1 amide bonds. The SMILES string of the molecule is O=C(c1ccc(OC(=O)C(F)(F)F)cc1OC[C@H](O)CN1CCC2(CC1)Cc1cc(Cl)ccc1O2)N1CCC[C@@H]1CO. The third-order valence-corrected chi connectivity index (χ3v) is 8.24. The van der Waals surface area contributed by atoms with Gasteiger partial charge in [0.2, 0.25) is 0 Å². The average Bonchev–Trinajstić information content (AvgIpc) is 3.56. The summed E-state index contributed by atoms with van der Waals surface area (Å²) in [4.78, 5) is 28.2. The first kappa shape index (κ1) is 30.4. The first-order chi connectivity index (χ1) is 20.0. The molecule has 0 saturated carbocycles. The second kappa shape index (κ2) is 12.3. The number of hydrogen-bond donors (Lipinski definition) is 2. The minimum absolute atomic E-state index is 0.0207. The molecule has 2 fully saturated rings. The Morgan fingerprint density at radius 2 is 1.90 bits per heavy atom. The van der Waals surface area contributed by atoms with Crippen LogP contribution in [0.5, 0.6) is 17.2 Å². The molecule has 0 aliphatic carbocycles. The molecule has 3 aliphatic rings. The lowest BCUT2D eigenvalue weighted by molar-refractivity contribution is -0.189. The Bertz CT molecular complexity index is 1320. The van der Waals surface area contributed by atoms with Crippen LogP contribution in [0.1, 0.15) is 41.6 Å². The molecule has 2 N–H and O–H groups in total. The van der Waals surface area contributed by atoms with Crippen LogP contribution in [0.3, 0.4) is 0 Å². The van der Waals surface area contributed by atoms with Gasteiger partial charge in [-0.2, -0.15) is 13.2 Å². The number of rotatable bonds is 8. The molecule has 42 heavy (non-hydrogen) atoms. The molecule has 0 aromatic heterocycles. The predicted molar refractivity (Wildman–Crippen MR) is 145 cm³/mol. The monoisotopic (exact) mass is 612 g/mol. The Hall–Kier alpha value is -3.06. The molecule has 2 saturated heterocycles. The molecule has 0 radical (unpaired) electrons. The van der Waals surface area contributed by atoms with E-state index in [1.165, 1.54) is 11.0 Å². The van der Waals surface area contributed by atoms with Crippen LogP contribution in [0.15, 0.2) is 36.4 Å². The molecule has 5 rings (SSSR count). The van der Waals surface area contributed by atoms with Gasteiger partial charge in [0, 0.05) is 56.5 Å². The van der Waals surface area contributed by atoms with Crippen molar-refractivity contribution < 1.29 is 47.2 Å². The van der Waals surface area contributed by atoms with E-state index in [9.17, 15) is 33.0 Å². The van der Waals surface area contributed by atoms with E-state index in [1.807, 2.05) is 12.1 Å². The maximum absolute atomic E-state index is 13.3. The number of esters is 1. The number of aliphatic hydroxyl groups excluding tert-OH is 2. The van der Waals surface area contributed by atoms with E-state index in [0.717, 1.165) is 42.7 Å². The number of aliphatic hydroxyl groups is 2. The van der Waals surface area contributed by atoms with Crippen LogP contribution in [0.4, 0.5) is 13.2 Å². The zero-order valence-corrected chi connectivity index (χ0v) is 23.5. The third-order valence-electron chi connectivity index (χ3n) is 8.00. The number of hydrogen-bond acceptors (Lipinski definition) is 8. The fraction of sp³-hybridized carbons (Fsp3) is 0.517. The van der Waals surface area contributed by atoms with Crippen LogP contribution in [-0.4, -0.2) is 95.2 Å². The number of piperidine rings is 1. The smallest absolute Gasteiger partial charge is 0.490 e. The van der Waals surface area contributed by atoms with E-state index in [-0.39, 0.29) is 36.7 Å². The number of amides is 1. The number of nitrogens with zero attached hydrogens (tertiary/aromatic N) is 2. The number of ether oxygens (including phenoxy) is 3. The van der Waals surface area contributed by atoms with E-state index in [2.05, 4.69) is 9.64 Å². The Labute approximate surface area is 245 Å². The molecule has 9 nitrogen and oxygen atoms in total. The van der Waals surface area contributed by atoms with E-state index in [0.29, 0.717) is 37.5 Å². The Morgan fingerprint density at radius 3 is 2.62 bits per heavy atom. The van der Waals surface area contributed by atoms with Crippen molar-refractivity contribution in [3.63, 3.8) is 0 Å². The van der Waals surface area contributed by atoms with E-state index >= 15 is 0 Å². The number of fused-ring (bicyclic) bond motifs is 1. The summed E-state index contributed by atoms with van der Waals surface area (Å²) in [7, 11) is 0. The normalized spacial score (nSPS) is 20.7. The van der Waals surface area contributed by atoms with Crippen molar-refractivity contribution in [1.29, 1.82) is 0 Å². The number of carbonyl (C=O) groups is 2. The van der Waals surface area contributed by atoms with Crippen LogP contribution in [0.25, 0.3) is 0 Å². The van der Waals surface area contributed by atoms with Crippen molar-refractivity contribution >= 4 is 23.5 Å². The van der Waals surface area contributed by atoms with Gasteiger partial charge in [-0.1, -0.05) is 11.6 Å². The molecule has 1 spiro atoms. The van der Waals surface area contributed by atoms with Gasteiger partial charge in [-0.15, -0.1) is 0 Å². The lowest BCUT2D eigenvalue weighted by Gasteiger charge is -2.39. The van der Waals surface area contributed by atoms with Gasteiger partial charge < -0.3 is 34.2 Å². The molecule has 2 atom stereocenters. The summed E-state index contributed by atoms with van der Waals surface area (Å²) in [5, 5.41) is 21.1. The minimum Gasteiger partial charge on any atom is -0.490 e. The summed E-state index contributed by atoms with van der Waals surface area (Å²) in [6.45, 7) is 1.51. The lowest BCUT2D eigenvalue weighted by atomic mass is 9.87. The summed E-state index contributed by atoms with van der Waals surface area (Å²) in [6, 6.07) is 8.53. The topological polar surface area (TPSA) is 109 Å². The van der Waals surface area contributed by atoms with E-state index in [4.69, 9.17) is 21.1 Å². The van der Waals surface area contributed by atoms with Crippen LogP contribution >= 0.6 is 11.6 Å². The fourth-order valence-electron chi connectivity index (χ4n) is 5.84. The maximum Gasteiger partial charge on any atom is 0.491 e. The summed E-state index contributed by atoms with van der Waals surface area (Å²) < 4.78 is 54.7. The number of β-amino-alcohol motifs (C(OH)–C–C–N with tert-alkyl or cyclic N) is 1. The molecule has 3 aliphatic heterocycles. The summed E-state index contributed by atoms with van der Waals surface area (Å²) >= 11 is 6.13. The number of carbonyl (C=O) groups excluding carboxylic acids is 2. The van der Waals surface area contributed by atoms with Gasteiger partial charge in [-0.05, 0) is 48.7 Å². The third kappa shape index (κ3) is 6.77. The molecule has 2 aromatic carbocycles. The minimum atomic E-state index is -5.21. The highest BCUT2D eigenvalue weighted by atomic mass is 35.5. The number of halogens is 4. The molecule has 0 bridgehead atoms. The Morgan fingerprint density at radius 1 is 1.14 bits per heavy atom. The summed E-state index contributed by atoms with van der Waals surface area (Å²) in [5.41, 5.74) is 0.792. The molecule has 228 valence electrons. The van der Waals surface area contributed by atoms with Crippen molar-refractivity contribution in [2.24, 2.45) is 0 Å². The van der Waals surface area contributed by atoms with E-state index < -0.39 is 35.9 Å². The van der Waals surface area contributed by atoms with Crippen molar-refractivity contribution in [1.82, 2.24) is 9.80 Å². The van der Waals surface area contributed by atoms with Crippen molar-refractivity contribution in [2.75, 3.05) is 39.4 Å². The summed E-state index contributed by atoms with van der Waals surface area (Å²) in [5.74, 6) is -2.64. The lowest BCUT2D eigenvalue weighted by Crippen LogP contribution is -2.49. The molecule has 0 unspecified atom stereocenters. The molecule has 2 aromatic rings. The van der Waals surface area contributed by atoms with Gasteiger partial charge in [0.05, 0.1) is 18.2 Å². The standard InChI is InChI=1S/C29H32ClF3N2O7/c30-19-3-6-24-18(12-19)14-28(42-24)7-10-34(11-8-28)15-21(37)17-40-25-13-22(41-27(39)29(31,32)33)4-5-23(25)26(38)35-9-1-2-20(35)16-36/h3-6,12-13,20-21,36-37H,1-2,7-11,14-17H2/t20-,21-/m1/s1. The highest BCUT2D eigenvalue weighted by Crippen LogP contribution is 2.42. The predicted octanol–water partition coefficient (Wildman–Crippen LogP) is 3.61. The average molecular weight is 613 g/mol. The molecular weight excluding hydrogens is 581 g/mol. The number of likely N-dealkylation sites (tertiary alicyclic amines) is 2. The van der Waals surface area contributed by atoms with Gasteiger partial charge in [0.15, 0.2) is 0 Å². The molecular formula is C29H32ClF3N2O7. The zero-order valence-electron chi connectivity index (χ0n) is 22.7. The highest BCUT2D eigenvalue weighted by molar-refractivity contribution is 6.30. The van der Waals surface area contributed by atoms with Crippen LogP contribution < -0.4 is 14.2 Å². The van der Waals surface area contributed by atoms with Crippen molar-refractivity contribution in [3.05, 3.63) is 52.5 Å². The summed E-state index contributed by atoms with van der Waals surface area (Å²) in [6.07, 6.45) is -2.62. The molecule has 3 heterocycles. The second-order valence-electron chi connectivity index (χ2n) is 11.0. The van der Waals surface area contributed by atoms with Crippen LogP contribution in [0, 0.1) is 0 Å². The van der Waals surface area contributed by atoms with Crippen molar-refractivity contribution in [2.45, 2.75) is 56.0 Å². The van der Waals surface area contributed by atoms with Crippen molar-refractivity contribution in [3.8, 4) is 17.2 Å². The van der Waals surface area contributed by atoms with Gasteiger partial charge in [-0.25, -0.2) is 4.79 Å². The number of alkyl halides is 3. The first-order valence-electron chi connectivity index (χ1n) is 13.8. The van der Waals surface area contributed by atoms with Gasteiger partial charge in [0.1, 0.15) is 35.6 Å². The Kier molecular flexibility index (Phi) is 8.89. The van der Waals surface area contributed by atoms with Gasteiger partial charge in [0.25, 0.3) is 5.91 Å². The molecule has 13 heteroatoms. The fourth-order valence-corrected chi connectivity index (χ4v) is 6.03. The zero-order chi connectivity index (χ0) is 30.1. The number of benzene rings is 2. The van der Waals surface area contributed by atoms with E-state index in [1.54, 1.807) is 6.07 Å².